The van der Waals surface area contributed by atoms with Crippen LogP contribution in [-0.4, -0.2) is 18.7 Å². The van der Waals surface area contributed by atoms with E-state index in [0.717, 1.165) is 35.0 Å². The van der Waals surface area contributed by atoms with E-state index in [1.807, 2.05) is 30.6 Å². The van der Waals surface area contributed by atoms with Crippen molar-refractivity contribution >= 4 is 22.7 Å². The number of nitrogens with zero attached hydrogens (tertiary/aromatic N) is 1. The molecule has 0 bridgehead atoms. The average molecular weight is 375 g/mol. The summed E-state index contributed by atoms with van der Waals surface area (Å²) in [5.41, 5.74) is 1.16. The molecule has 0 saturated heterocycles. The third-order valence-corrected chi connectivity index (χ3v) is 5.60. The highest BCUT2D eigenvalue weighted by Gasteiger charge is 2.15. The second kappa shape index (κ2) is 8.99. The summed E-state index contributed by atoms with van der Waals surface area (Å²) >= 11 is 3.48. The molecule has 3 rings (SSSR count). The Kier molecular flexibility index (Phi) is 6.44. The van der Waals surface area contributed by atoms with Gasteiger partial charge in [-0.15, -0.1) is 22.7 Å². The molecule has 0 radical (unpaired) electrons. The topological polar surface area (TPSA) is 43.4 Å². The van der Waals surface area contributed by atoms with Crippen molar-refractivity contribution in [2.24, 2.45) is 0 Å². The second-order valence-corrected chi connectivity index (χ2v) is 7.46. The number of aromatic nitrogens is 1. The molecule has 3 aromatic rings. The molecule has 2 heterocycles. The van der Waals surface area contributed by atoms with Gasteiger partial charge in [-0.25, -0.2) is 4.98 Å². The van der Waals surface area contributed by atoms with Gasteiger partial charge in [-0.3, -0.25) is 0 Å². The van der Waals surface area contributed by atoms with Crippen LogP contribution >= 0.6 is 22.7 Å². The highest BCUT2D eigenvalue weighted by molar-refractivity contribution is 7.10. The third-order valence-electron chi connectivity index (χ3n) is 3.82. The van der Waals surface area contributed by atoms with Crippen LogP contribution in [0.25, 0.3) is 0 Å². The monoisotopic (exact) mass is 374 g/mol. The SMILES string of the molecule is CCOc1ccc(CNC(Cc2cccs2)c2nccs2)cc1OC. The minimum atomic E-state index is 0.205. The Morgan fingerprint density at radius 3 is 2.76 bits per heavy atom. The number of thiophene rings is 1. The number of hydrogen-bond acceptors (Lipinski definition) is 6. The molecular formula is C19H22N2O2S2. The molecule has 0 aliphatic heterocycles. The first-order valence-electron chi connectivity index (χ1n) is 8.25. The van der Waals surface area contributed by atoms with E-state index in [1.165, 1.54) is 4.88 Å². The first kappa shape index (κ1) is 17.9. The molecule has 4 nitrogen and oxygen atoms in total. The summed E-state index contributed by atoms with van der Waals surface area (Å²) in [5, 5.41) is 8.90. The molecule has 0 fully saturated rings. The Hall–Kier alpha value is -1.89. The van der Waals surface area contributed by atoms with Gasteiger partial charge in [-0.1, -0.05) is 12.1 Å². The first-order chi connectivity index (χ1) is 12.3. The van der Waals surface area contributed by atoms with E-state index < -0.39 is 0 Å². The minimum Gasteiger partial charge on any atom is -0.493 e. The number of rotatable bonds is 9. The van der Waals surface area contributed by atoms with E-state index in [0.29, 0.717) is 6.61 Å². The fourth-order valence-corrected chi connectivity index (χ4v) is 4.09. The molecule has 1 unspecified atom stereocenters. The smallest absolute Gasteiger partial charge is 0.161 e. The zero-order valence-electron chi connectivity index (χ0n) is 14.4. The van der Waals surface area contributed by atoms with Crippen LogP contribution in [0.15, 0.2) is 47.3 Å². The van der Waals surface area contributed by atoms with Crippen molar-refractivity contribution in [2.75, 3.05) is 13.7 Å². The third kappa shape index (κ3) is 4.81. The molecule has 25 heavy (non-hydrogen) atoms. The maximum Gasteiger partial charge on any atom is 0.161 e. The zero-order valence-corrected chi connectivity index (χ0v) is 16.0. The molecule has 1 atom stereocenters. The molecule has 0 aliphatic rings. The molecule has 2 aromatic heterocycles. The van der Waals surface area contributed by atoms with Gasteiger partial charge in [0, 0.05) is 29.4 Å². The number of thiazole rings is 1. The van der Waals surface area contributed by atoms with Crippen molar-refractivity contribution in [3.63, 3.8) is 0 Å². The minimum absolute atomic E-state index is 0.205. The van der Waals surface area contributed by atoms with Gasteiger partial charge in [0.05, 0.1) is 19.8 Å². The zero-order chi connectivity index (χ0) is 17.5. The lowest BCUT2D eigenvalue weighted by molar-refractivity contribution is 0.310. The first-order valence-corrected chi connectivity index (χ1v) is 10.0. The molecule has 1 N–H and O–H groups in total. The Balaban J connectivity index is 1.70. The van der Waals surface area contributed by atoms with Crippen LogP contribution in [0.1, 0.15) is 28.4 Å². The number of nitrogens with one attached hydrogen (secondary N) is 1. The normalized spacial score (nSPS) is 12.1. The van der Waals surface area contributed by atoms with Gasteiger partial charge in [0.25, 0.3) is 0 Å². The fraction of sp³-hybridized carbons (Fsp3) is 0.316. The lowest BCUT2D eigenvalue weighted by Gasteiger charge is -2.17. The molecule has 1 aromatic carbocycles. The number of ether oxygens (including phenoxy) is 2. The van der Waals surface area contributed by atoms with Crippen molar-refractivity contribution in [1.29, 1.82) is 0 Å². The second-order valence-electron chi connectivity index (χ2n) is 5.51. The molecule has 0 spiro atoms. The molecule has 0 aliphatic carbocycles. The van der Waals surface area contributed by atoms with Crippen LogP contribution in [0.3, 0.4) is 0 Å². The van der Waals surface area contributed by atoms with E-state index in [9.17, 15) is 0 Å². The maximum absolute atomic E-state index is 5.59. The quantitative estimate of drug-likeness (QED) is 0.590. The summed E-state index contributed by atoms with van der Waals surface area (Å²) in [7, 11) is 1.67. The van der Waals surface area contributed by atoms with E-state index in [-0.39, 0.29) is 6.04 Å². The van der Waals surface area contributed by atoms with Crippen molar-refractivity contribution in [3.05, 3.63) is 62.7 Å². The lowest BCUT2D eigenvalue weighted by atomic mass is 10.1. The van der Waals surface area contributed by atoms with Gasteiger partial charge < -0.3 is 14.8 Å². The predicted octanol–water partition coefficient (Wildman–Crippen LogP) is 4.69. The summed E-state index contributed by atoms with van der Waals surface area (Å²) in [4.78, 5) is 5.86. The summed E-state index contributed by atoms with van der Waals surface area (Å²) in [6.45, 7) is 3.34. The molecule has 0 amide bonds. The van der Waals surface area contributed by atoms with Crippen molar-refractivity contribution in [2.45, 2.75) is 25.9 Å². The van der Waals surface area contributed by atoms with Gasteiger partial charge >= 0.3 is 0 Å². The lowest BCUT2D eigenvalue weighted by Crippen LogP contribution is -2.22. The van der Waals surface area contributed by atoms with Crippen LogP contribution < -0.4 is 14.8 Å². The van der Waals surface area contributed by atoms with E-state index in [2.05, 4.69) is 33.9 Å². The highest BCUT2D eigenvalue weighted by Crippen LogP contribution is 2.29. The van der Waals surface area contributed by atoms with Crippen LogP contribution in [0, 0.1) is 0 Å². The van der Waals surface area contributed by atoms with E-state index in [4.69, 9.17) is 9.47 Å². The summed E-state index contributed by atoms with van der Waals surface area (Å²) in [6.07, 6.45) is 2.81. The predicted molar refractivity (Wildman–Crippen MR) is 104 cm³/mol. The van der Waals surface area contributed by atoms with Crippen LogP contribution in [0.2, 0.25) is 0 Å². The molecule has 0 saturated carbocycles. The van der Waals surface area contributed by atoms with Crippen molar-refractivity contribution in [3.8, 4) is 11.5 Å². The largest absolute Gasteiger partial charge is 0.493 e. The fourth-order valence-electron chi connectivity index (χ4n) is 2.62. The van der Waals surface area contributed by atoms with Crippen LogP contribution in [0.5, 0.6) is 11.5 Å². The highest BCUT2D eigenvalue weighted by atomic mass is 32.1. The van der Waals surface area contributed by atoms with Crippen LogP contribution in [-0.2, 0) is 13.0 Å². The van der Waals surface area contributed by atoms with Crippen LogP contribution in [0.4, 0.5) is 0 Å². The molecule has 6 heteroatoms. The Morgan fingerprint density at radius 2 is 2.08 bits per heavy atom. The summed E-state index contributed by atoms with van der Waals surface area (Å²) in [6, 6.07) is 10.5. The molecular weight excluding hydrogens is 352 g/mol. The van der Waals surface area contributed by atoms with Gasteiger partial charge in [-0.05, 0) is 36.1 Å². The average Bonchev–Trinajstić information content (AvgIpc) is 3.33. The molecule has 132 valence electrons. The van der Waals surface area contributed by atoms with E-state index in [1.54, 1.807) is 29.8 Å². The van der Waals surface area contributed by atoms with Crippen molar-refractivity contribution in [1.82, 2.24) is 10.3 Å². The van der Waals surface area contributed by atoms with E-state index >= 15 is 0 Å². The maximum atomic E-state index is 5.59. The number of hydrogen-bond donors (Lipinski definition) is 1. The van der Waals surface area contributed by atoms with Gasteiger partial charge in [0.2, 0.25) is 0 Å². The van der Waals surface area contributed by atoms with Crippen molar-refractivity contribution < 1.29 is 9.47 Å². The van der Waals surface area contributed by atoms with Gasteiger partial charge in [0.1, 0.15) is 5.01 Å². The Bertz CT molecular complexity index is 758. The van der Waals surface area contributed by atoms with Gasteiger partial charge in [0.15, 0.2) is 11.5 Å². The summed E-state index contributed by atoms with van der Waals surface area (Å²) < 4.78 is 11.0. The number of benzene rings is 1. The number of methoxy groups -OCH3 is 1. The Morgan fingerprint density at radius 1 is 1.16 bits per heavy atom. The standard InChI is InChI=1S/C19H22N2O2S2/c1-3-23-17-7-6-14(11-18(17)22-2)13-21-16(19-20-8-10-25-19)12-15-5-4-9-24-15/h4-11,16,21H,3,12-13H2,1-2H3. The summed E-state index contributed by atoms with van der Waals surface area (Å²) in [5.74, 6) is 1.55. The van der Waals surface area contributed by atoms with Gasteiger partial charge in [-0.2, -0.15) is 0 Å². The Labute approximate surface area is 156 Å².